The Kier molecular flexibility index (Phi) is 10.6. The standard InChI is InChI=1S/C29H38Cl2FN5O2/c1-19(18-39-2)33-28(34-26(38)21-11-14-23(31)24(32)17-21)35-27-29(15-7-5-3-4-6-8-16-29)25(36-37-27)20-9-12-22(30)13-10-20/h9-14,17,19,25,27,36-37H,3-8,15-16,18H2,1-2H3,(H2,33,34,35,38)/t19-,25?,27?/m0/s1. The predicted molar refractivity (Wildman–Crippen MR) is 154 cm³/mol. The monoisotopic (exact) mass is 577 g/mol. The number of nitrogens with zero attached hydrogens (tertiary/aromatic N) is 1. The lowest BCUT2D eigenvalue weighted by molar-refractivity contribution is 0.1000. The number of carbonyl (C=O) groups is 1. The second kappa shape index (κ2) is 13.9. The second-order valence-electron chi connectivity index (χ2n) is 10.6. The van der Waals surface area contributed by atoms with Crippen LogP contribution in [0, 0.1) is 11.2 Å². The van der Waals surface area contributed by atoms with Gasteiger partial charge in [0.1, 0.15) is 5.82 Å². The molecule has 1 spiro atoms. The number of hydrogen-bond donors (Lipinski definition) is 4. The fourth-order valence-corrected chi connectivity index (χ4v) is 6.00. The van der Waals surface area contributed by atoms with Crippen molar-refractivity contribution in [1.82, 2.24) is 21.5 Å². The molecular weight excluding hydrogens is 540 g/mol. The first-order valence-corrected chi connectivity index (χ1v) is 14.4. The molecule has 4 rings (SSSR count). The average molecular weight is 579 g/mol. The number of halogens is 3. The predicted octanol–water partition coefficient (Wildman–Crippen LogP) is 6.14. The first kappa shape index (κ1) is 29.7. The molecule has 39 heavy (non-hydrogen) atoms. The highest BCUT2D eigenvalue weighted by molar-refractivity contribution is 6.31. The first-order chi connectivity index (χ1) is 18.8. The maximum atomic E-state index is 14.1. The molecule has 2 aliphatic rings. The van der Waals surface area contributed by atoms with Crippen LogP contribution >= 0.6 is 23.2 Å². The highest BCUT2D eigenvalue weighted by Gasteiger charge is 2.50. The van der Waals surface area contributed by atoms with E-state index in [1.807, 2.05) is 19.1 Å². The number of methoxy groups -OCH3 is 1. The van der Waals surface area contributed by atoms with Crippen LogP contribution in [0.1, 0.15) is 80.3 Å². The Morgan fingerprint density at radius 1 is 1.08 bits per heavy atom. The summed E-state index contributed by atoms with van der Waals surface area (Å²) in [4.78, 5) is 17.5. The SMILES string of the molecule is COC[C@H](C)N/C(=N/C(=O)c1ccc(Cl)c(F)c1)NC1NNC(c2ccc(Cl)cc2)C12CCCCCCCC2. The van der Waals surface area contributed by atoms with Gasteiger partial charge in [-0.25, -0.2) is 15.2 Å². The van der Waals surface area contributed by atoms with Crippen LogP contribution in [0.2, 0.25) is 10.0 Å². The van der Waals surface area contributed by atoms with Gasteiger partial charge in [0.15, 0.2) is 0 Å². The highest BCUT2D eigenvalue weighted by Crippen LogP contribution is 2.48. The minimum absolute atomic E-state index is 0.0316. The van der Waals surface area contributed by atoms with Gasteiger partial charge in [0.05, 0.1) is 23.8 Å². The minimum Gasteiger partial charge on any atom is -0.383 e. The quantitative estimate of drug-likeness (QED) is 0.244. The number of ether oxygens (including phenoxy) is 1. The third-order valence-electron chi connectivity index (χ3n) is 7.72. The van der Waals surface area contributed by atoms with E-state index < -0.39 is 11.7 Å². The lowest BCUT2D eigenvalue weighted by Gasteiger charge is -2.40. The van der Waals surface area contributed by atoms with E-state index in [1.165, 1.54) is 37.8 Å². The molecule has 2 unspecified atom stereocenters. The summed E-state index contributed by atoms with van der Waals surface area (Å²) in [5.41, 5.74) is 8.10. The molecular formula is C29H38Cl2FN5O2. The molecule has 0 radical (unpaired) electrons. The molecule has 3 atom stereocenters. The van der Waals surface area contributed by atoms with Gasteiger partial charge in [-0.2, -0.15) is 4.99 Å². The largest absolute Gasteiger partial charge is 0.383 e. The zero-order valence-electron chi connectivity index (χ0n) is 22.5. The van der Waals surface area contributed by atoms with Crippen LogP contribution in [0.4, 0.5) is 4.39 Å². The molecule has 1 amide bonds. The van der Waals surface area contributed by atoms with E-state index in [0.717, 1.165) is 37.3 Å². The van der Waals surface area contributed by atoms with Crippen LogP contribution in [0.25, 0.3) is 0 Å². The summed E-state index contributed by atoms with van der Waals surface area (Å²) in [7, 11) is 1.62. The van der Waals surface area contributed by atoms with Crippen molar-refractivity contribution in [2.45, 2.75) is 76.5 Å². The highest BCUT2D eigenvalue weighted by atomic mass is 35.5. The van der Waals surface area contributed by atoms with Crippen LogP contribution in [0.15, 0.2) is 47.5 Å². The third kappa shape index (κ3) is 7.50. The van der Waals surface area contributed by atoms with E-state index in [1.54, 1.807) is 7.11 Å². The number of benzene rings is 2. The van der Waals surface area contributed by atoms with Crippen LogP contribution in [-0.2, 0) is 4.74 Å². The Morgan fingerprint density at radius 3 is 2.38 bits per heavy atom. The molecule has 10 heteroatoms. The second-order valence-corrected chi connectivity index (χ2v) is 11.4. The minimum atomic E-state index is -0.662. The van der Waals surface area contributed by atoms with Gasteiger partial charge in [-0.3, -0.25) is 4.79 Å². The molecule has 1 aliphatic heterocycles. The lowest BCUT2D eigenvalue weighted by Crippen LogP contribution is -2.57. The molecule has 2 fully saturated rings. The molecule has 7 nitrogen and oxygen atoms in total. The summed E-state index contributed by atoms with van der Waals surface area (Å²) in [5, 5.41) is 7.45. The molecule has 2 aromatic rings. The average Bonchev–Trinajstić information content (AvgIpc) is 3.30. The number of guanidine groups is 1. The number of amides is 1. The molecule has 2 aromatic carbocycles. The summed E-state index contributed by atoms with van der Waals surface area (Å²) < 4.78 is 19.4. The number of rotatable bonds is 6. The molecule has 212 valence electrons. The Labute approximate surface area is 240 Å². The van der Waals surface area contributed by atoms with Crippen molar-refractivity contribution in [2.24, 2.45) is 10.4 Å². The first-order valence-electron chi connectivity index (χ1n) is 13.7. The van der Waals surface area contributed by atoms with Gasteiger partial charge in [0.25, 0.3) is 5.91 Å². The fourth-order valence-electron chi connectivity index (χ4n) is 5.75. The fraction of sp³-hybridized carbons (Fsp3) is 0.517. The third-order valence-corrected chi connectivity index (χ3v) is 8.28. The molecule has 1 heterocycles. The van der Waals surface area contributed by atoms with Crippen molar-refractivity contribution < 1.29 is 13.9 Å². The van der Waals surface area contributed by atoms with Gasteiger partial charge in [-0.05, 0) is 55.7 Å². The summed E-state index contributed by atoms with van der Waals surface area (Å²) in [6.07, 6.45) is 8.84. The molecule has 1 saturated heterocycles. The number of hydrazine groups is 1. The van der Waals surface area contributed by atoms with Gasteiger partial charge in [0.2, 0.25) is 5.96 Å². The van der Waals surface area contributed by atoms with Crippen LogP contribution in [0.3, 0.4) is 0 Å². The Balaban J connectivity index is 1.67. The number of nitrogens with one attached hydrogen (secondary N) is 4. The molecule has 0 bridgehead atoms. The zero-order valence-corrected chi connectivity index (χ0v) is 24.0. The van der Waals surface area contributed by atoms with E-state index in [-0.39, 0.29) is 34.3 Å². The Hall–Kier alpha value is -2.23. The molecule has 1 saturated carbocycles. The number of hydrogen-bond acceptors (Lipinski definition) is 4. The van der Waals surface area contributed by atoms with Gasteiger partial charge in [0, 0.05) is 29.2 Å². The van der Waals surface area contributed by atoms with Crippen molar-refractivity contribution in [2.75, 3.05) is 13.7 Å². The van der Waals surface area contributed by atoms with Crippen molar-refractivity contribution in [3.8, 4) is 0 Å². The lowest BCUT2D eigenvalue weighted by atomic mass is 9.69. The number of carbonyl (C=O) groups excluding carboxylic acids is 1. The summed E-state index contributed by atoms with van der Waals surface area (Å²) in [6.45, 7) is 2.36. The molecule has 1 aliphatic carbocycles. The van der Waals surface area contributed by atoms with Crippen LogP contribution in [-0.4, -0.2) is 37.8 Å². The van der Waals surface area contributed by atoms with Crippen LogP contribution in [0.5, 0.6) is 0 Å². The Bertz CT molecular complexity index is 1140. The number of aliphatic imine (C=N–C) groups is 1. The maximum Gasteiger partial charge on any atom is 0.280 e. The maximum absolute atomic E-state index is 14.1. The molecule has 0 aromatic heterocycles. The van der Waals surface area contributed by atoms with Crippen LogP contribution < -0.4 is 21.5 Å². The van der Waals surface area contributed by atoms with E-state index in [0.29, 0.717) is 17.6 Å². The summed E-state index contributed by atoms with van der Waals surface area (Å²) in [6, 6.07) is 11.8. The normalized spacial score (nSPS) is 22.5. The smallest absolute Gasteiger partial charge is 0.280 e. The van der Waals surface area contributed by atoms with Crippen molar-refractivity contribution in [1.29, 1.82) is 0 Å². The zero-order chi connectivity index (χ0) is 27.8. The van der Waals surface area contributed by atoms with E-state index in [2.05, 4.69) is 38.6 Å². The van der Waals surface area contributed by atoms with Gasteiger partial charge in [-0.15, -0.1) is 0 Å². The topological polar surface area (TPSA) is 86.8 Å². The Morgan fingerprint density at radius 2 is 1.74 bits per heavy atom. The van der Waals surface area contributed by atoms with Crippen molar-refractivity contribution in [3.05, 3.63) is 69.5 Å². The van der Waals surface area contributed by atoms with Gasteiger partial charge >= 0.3 is 0 Å². The van der Waals surface area contributed by atoms with E-state index >= 15 is 0 Å². The van der Waals surface area contributed by atoms with E-state index in [9.17, 15) is 9.18 Å². The summed E-state index contributed by atoms with van der Waals surface area (Å²) >= 11 is 12.0. The summed E-state index contributed by atoms with van der Waals surface area (Å²) in [5.74, 6) is -0.936. The van der Waals surface area contributed by atoms with Crippen molar-refractivity contribution in [3.63, 3.8) is 0 Å². The molecule has 4 N–H and O–H groups in total. The van der Waals surface area contributed by atoms with E-state index in [4.69, 9.17) is 27.9 Å². The van der Waals surface area contributed by atoms with Gasteiger partial charge < -0.3 is 15.4 Å². The van der Waals surface area contributed by atoms with Gasteiger partial charge in [-0.1, -0.05) is 73.9 Å². The van der Waals surface area contributed by atoms with Crippen molar-refractivity contribution >= 4 is 35.1 Å².